The molecule has 2 aromatic rings. The first-order valence-corrected chi connectivity index (χ1v) is 8.90. The number of rotatable bonds is 2. The van der Waals surface area contributed by atoms with Gasteiger partial charge in [-0.15, -0.1) is 0 Å². The summed E-state index contributed by atoms with van der Waals surface area (Å²) in [6.45, 7) is 2.49. The molecular formula is C17H20N2O2S. The zero-order chi connectivity index (χ0) is 15.7. The molecule has 0 bridgehead atoms. The summed E-state index contributed by atoms with van der Waals surface area (Å²) < 4.78 is 27.6. The first kappa shape index (κ1) is 14.9. The van der Waals surface area contributed by atoms with E-state index in [0.29, 0.717) is 12.2 Å². The Kier molecular flexibility index (Phi) is 3.83. The minimum atomic E-state index is -3.58. The van der Waals surface area contributed by atoms with E-state index in [9.17, 15) is 8.42 Å². The van der Waals surface area contributed by atoms with Crippen molar-refractivity contribution < 1.29 is 8.42 Å². The largest absolute Gasteiger partial charge is 0.399 e. The Morgan fingerprint density at radius 1 is 1.09 bits per heavy atom. The molecular weight excluding hydrogens is 296 g/mol. The van der Waals surface area contributed by atoms with Crippen LogP contribution in [-0.4, -0.2) is 15.0 Å². The molecule has 1 aliphatic rings. The summed E-state index contributed by atoms with van der Waals surface area (Å²) in [6.07, 6.45) is 2.77. The highest BCUT2D eigenvalue weighted by atomic mass is 32.2. The fraction of sp³-hybridized carbons (Fsp3) is 0.294. The lowest BCUT2D eigenvalue weighted by atomic mass is 10.1. The molecule has 0 saturated heterocycles. The van der Waals surface area contributed by atoms with Gasteiger partial charge in [0.15, 0.2) is 0 Å². The van der Waals surface area contributed by atoms with Crippen LogP contribution in [0.4, 0.5) is 11.4 Å². The molecule has 0 saturated carbocycles. The molecule has 22 heavy (non-hydrogen) atoms. The number of benzene rings is 2. The van der Waals surface area contributed by atoms with Crippen LogP contribution in [0.25, 0.3) is 0 Å². The van der Waals surface area contributed by atoms with Gasteiger partial charge < -0.3 is 5.73 Å². The lowest BCUT2D eigenvalue weighted by Crippen LogP contribution is -2.32. The number of nitrogens with two attached hydrogens (primary N) is 1. The third kappa shape index (κ3) is 2.68. The minimum Gasteiger partial charge on any atom is -0.399 e. The van der Waals surface area contributed by atoms with Crippen LogP contribution in [0.1, 0.15) is 24.0 Å². The summed E-state index contributed by atoms with van der Waals surface area (Å²) >= 11 is 0. The number of hydrogen-bond donors (Lipinski definition) is 1. The van der Waals surface area contributed by atoms with Crippen LogP contribution in [0.15, 0.2) is 47.4 Å². The van der Waals surface area contributed by atoms with Crippen molar-refractivity contribution in [3.8, 4) is 0 Å². The predicted molar refractivity (Wildman–Crippen MR) is 89.5 cm³/mol. The van der Waals surface area contributed by atoms with Crippen molar-refractivity contribution >= 4 is 21.4 Å². The number of fused-ring (bicyclic) bond motifs is 1. The summed E-state index contributed by atoms with van der Waals surface area (Å²) in [5.74, 6) is 0. The molecule has 116 valence electrons. The molecule has 3 rings (SSSR count). The van der Waals surface area contributed by atoms with E-state index in [0.717, 1.165) is 36.1 Å². The fourth-order valence-electron chi connectivity index (χ4n) is 2.86. The maximum Gasteiger partial charge on any atom is 0.264 e. The maximum atomic E-state index is 13.0. The van der Waals surface area contributed by atoms with Gasteiger partial charge in [0.05, 0.1) is 10.6 Å². The Morgan fingerprint density at radius 2 is 1.91 bits per heavy atom. The monoisotopic (exact) mass is 316 g/mol. The van der Waals surface area contributed by atoms with Gasteiger partial charge in [-0.05, 0) is 61.6 Å². The van der Waals surface area contributed by atoms with E-state index in [2.05, 4.69) is 0 Å². The molecule has 5 heteroatoms. The van der Waals surface area contributed by atoms with E-state index in [1.165, 1.54) is 10.4 Å². The van der Waals surface area contributed by atoms with Gasteiger partial charge in [-0.3, -0.25) is 4.31 Å². The van der Waals surface area contributed by atoms with Gasteiger partial charge in [-0.25, -0.2) is 8.42 Å². The van der Waals surface area contributed by atoms with E-state index in [1.807, 2.05) is 25.1 Å². The van der Waals surface area contributed by atoms with Crippen molar-refractivity contribution in [2.45, 2.75) is 31.1 Å². The van der Waals surface area contributed by atoms with Crippen molar-refractivity contribution in [1.29, 1.82) is 0 Å². The van der Waals surface area contributed by atoms with E-state index < -0.39 is 10.0 Å². The van der Waals surface area contributed by atoms with Gasteiger partial charge in [0, 0.05) is 12.2 Å². The summed E-state index contributed by atoms with van der Waals surface area (Å²) in [7, 11) is -3.58. The molecule has 0 amide bonds. The number of aryl methyl sites for hydroxylation is 2. The summed E-state index contributed by atoms with van der Waals surface area (Å²) in [5.41, 5.74) is 9.17. The molecule has 2 N–H and O–H groups in total. The third-order valence-corrected chi connectivity index (χ3v) is 5.82. The standard InChI is InChI=1S/C17H20N2O2S/c1-13-8-9-14-5-2-3-10-19(17(14)11-13)22(20,21)16-7-4-6-15(18)12-16/h4,6-9,11-12H,2-3,5,10,18H2,1H3. The average Bonchev–Trinajstić information content (AvgIpc) is 2.69. The highest BCUT2D eigenvalue weighted by Gasteiger charge is 2.28. The number of hydrogen-bond acceptors (Lipinski definition) is 3. The molecule has 2 aromatic carbocycles. The second-order valence-corrected chi connectivity index (χ2v) is 7.60. The van der Waals surface area contributed by atoms with Gasteiger partial charge in [0.2, 0.25) is 0 Å². The van der Waals surface area contributed by atoms with Crippen molar-refractivity contribution in [3.63, 3.8) is 0 Å². The quantitative estimate of drug-likeness (QED) is 0.866. The lowest BCUT2D eigenvalue weighted by molar-refractivity contribution is 0.589. The van der Waals surface area contributed by atoms with Crippen LogP contribution < -0.4 is 10.0 Å². The van der Waals surface area contributed by atoms with Crippen molar-refractivity contribution in [3.05, 3.63) is 53.6 Å². The number of nitrogens with zero attached hydrogens (tertiary/aromatic N) is 1. The Balaban J connectivity index is 2.13. The highest BCUT2D eigenvalue weighted by Crippen LogP contribution is 2.32. The molecule has 0 unspecified atom stereocenters. The van der Waals surface area contributed by atoms with Gasteiger partial charge in [0.1, 0.15) is 0 Å². The maximum absolute atomic E-state index is 13.0. The predicted octanol–water partition coefficient (Wildman–Crippen LogP) is 3.11. The fourth-order valence-corrected chi connectivity index (χ4v) is 4.45. The SMILES string of the molecule is Cc1ccc2c(c1)N(S(=O)(=O)c1cccc(N)c1)CCCC2. The average molecular weight is 316 g/mol. The van der Waals surface area contributed by atoms with Gasteiger partial charge in [-0.1, -0.05) is 18.2 Å². The number of anilines is 2. The van der Waals surface area contributed by atoms with Crippen molar-refractivity contribution in [1.82, 2.24) is 0 Å². The van der Waals surface area contributed by atoms with Gasteiger partial charge in [0.25, 0.3) is 10.0 Å². The van der Waals surface area contributed by atoms with E-state index in [1.54, 1.807) is 18.2 Å². The van der Waals surface area contributed by atoms with Crippen molar-refractivity contribution in [2.24, 2.45) is 0 Å². The van der Waals surface area contributed by atoms with Crippen LogP contribution in [-0.2, 0) is 16.4 Å². The van der Waals surface area contributed by atoms with E-state index in [-0.39, 0.29) is 4.90 Å². The number of nitrogen functional groups attached to an aromatic ring is 1. The van der Waals surface area contributed by atoms with Crippen LogP contribution in [0, 0.1) is 6.92 Å². The van der Waals surface area contributed by atoms with Gasteiger partial charge in [-0.2, -0.15) is 0 Å². The second-order valence-electron chi connectivity index (χ2n) is 5.74. The van der Waals surface area contributed by atoms with Crippen LogP contribution in [0.5, 0.6) is 0 Å². The molecule has 1 aliphatic heterocycles. The zero-order valence-corrected chi connectivity index (χ0v) is 13.4. The molecule has 0 aliphatic carbocycles. The van der Waals surface area contributed by atoms with E-state index in [4.69, 9.17) is 5.73 Å². The molecule has 4 nitrogen and oxygen atoms in total. The minimum absolute atomic E-state index is 0.252. The molecule has 1 heterocycles. The second kappa shape index (κ2) is 5.65. The molecule has 0 atom stereocenters. The van der Waals surface area contributed by atoms with Crippen molar-refractivity contribution in [2.75, 3.05) is 16.6 Å². The smallest absolute Gasteiger partial charge is 0.264 e. The molecule has 0 fully saturated rings. The summed E-state index contributed by atoms with van der Waals surface area (Å²) in [5, 5.41) is 0. The Morgan fingerprint density at radius 3 is 2.68 bits per heavy atom. The first-order valence-electron chi connectivity index (χ1n) is 7.46. The highest BCUT2D eigenvalue weighted by molar-refractivity contribution is 7.92. The first-order chi connectivity index (χ1) is 10.5. The topological polar surface area (TPSA) is 63.4 Å². The molecule has 0 aromatic heterocycles. The Labute approximate surface area is 131 Å². The van der Waals surface area contributed by atoms with Gasteiger partial charge >= 0.3 is 0 Å². The van der Waals surface area contributed by atoms with Crippen LogP contribution >= 0.6 is 0 Å². The third-order valence-electron chi connectivity index (χ3n) is 4.01. The number of sulfonamides is 1. The van der Waals surface area contributed by atoms with Crippen LogP contribution in [0.2, 0.25) is 0 Å². The Hall–Kier alpha value is -2.01. The van der Waals surface area contributed by atoms with E-state index >= 15 is 0 Å². The lowest BCUT2D eigenvalue weighted by Gasteiger charge is -2.25. The van der Waals surface area contributed by atoms with Crippen LogP contribution in [0.3, 0.4) is 0 Å². The molecule has 0 radical (unpaired) electrons. The zero-order valence-electron chi connectivity index (χ0n) is 12.6. The Bertz CT molecular complexity index is 800. The summed E-state index contributed by atoms with van der Waals surface area (Å²) in [6, 6.07) is 12.5. The molecule has 0 spiro atoms. The summed E-state index contributed by atoms with van der Waals surface area (Å²) in [4.78, 5) is 0.252. The normalized spacial score (nSPS) is 15.2.